The Bertz CT molecular complexity index is 855. The molecule has 2 fully saturated rings. The van der Waals surface area contributed by atoms with Gasteiger partial charge in [-0.1, -0.05) is 36.4 Å². The standard InChI is InChI=1S/C25H31IN2O.2ClH/c26-21-7-5-19(6-8-21)17-27-14-10-24(29)23(18-27)28-15-12-25(13-16-28)11-9-20-3-1-2-4-22(20)25;;/h1-8,23-24,29H,9-18H2;2*1H. The van der Waals surface area contributed by atoms with Crippen molar-refractivity contribution in [2.75, 3.05) is 26.2 Å². The van der Waals surface area contributed by atoms with Crippen LogP contribution in [0.2, 0.25) is 0 Å². The van der Waals surface area contributed by atoms with Crippen molar-refractivity contribution in [2.24, 2.45) is 0 Å². The van der Waals surface area contributed by atoms with E-state index in [-0.39, 0.29) is 37.0 Å². The molecule has 3 aliphatic rings. The summed E-state index contributed by atoms with van der Waals surface area (Å²) in [6, 6.07) is 18.2. The Kier molecular flexibility index (Phi) is 8.72. The summed E-state index contributed by atoms with van der Waals surface area (Å²) in [5, 5.41) is 10.8. The molecule has 6 heteroatoms. The monoisotopic (exact) mass is 574 g/mol. The largest absolute Gasteiger partial charge is 0.391 e. The minimum absolute atomic E-state index is 0. The van der Waals surface area contributed by atoms with Gasteiger partial charge in [-0.25, -0.2) is 0 Å². The van der Waals surface area contributed by atoms with Crippen molar-refractivity contribution in [1.29, 1.82) is 0 Å². The molecule has 1 N–H and O–H groups in total. The Morgan fingerprint density at radius 3 is 2.39 bits per heavy atom. The molecule has 0 bridgehead atoms. The van der Waals surface area contributed by atoms with Gasteiger partial charge in [-0.05, 0) is 102 Å². The van der Waals surface area contributed by atoms with Crippen LogP contribution in [0, 0.1) is 3.57 Å². The third kappa shape index (κ3) is 5.25. The third-order valence-electron chi connectivity index (χ3n) is 7.64. The average Bonchev–Trinajstić information content (AvgIpc) is 3.10. The van der Waals surface area contributed by atoms with E-state index in [1.165, 1.54) is 34.8 Å². The van der Waals surface area contributed by atoms with Crippen LogP contribution in [0.5, 0.6) is 0 Å². The normalized spacial score (nSPS) is 25.5. The van der Waals surface area contributed by atoms with Crippen LogP contribution in [-0.4, -0.2) is 53.2 Å². The molecule has 0 aromatic heterocycles. The van der Waals surface area contributed by atoms with Gasteiger partial charge in [-0.3, -0.25) is 9.80 Å². The first-order valence-corrected chi connectivity index (χ1v) is 12.2. The van der Waals surface area contributed by atoms with Gasteiger partial charge >= 0.3 is 0 Å². The van der Waals surface area contributed by atoms with Gasteiger partial charge in [0.15, 0.2) is 0 Å². The average molecular weight is 575 g/mol. The third-order valence-corrected chi connectivity index (χ3v) is 8.35. The van der Waals surface area contributed by atoms with Crippen molar-refractivity contribution in [1.82, 2.24) is 9.80 Å². The number of rotatable bonds is 3. The molecule has 31 heavy (non-hydrogen) atoms. The van der Waals surface area contributed by atoms with Gasteiger partial charge in [0.05, 0.1) is 6.10 Å². The predicted molar refractivity (Wildman–Crippen MR) is 141 cm³/mol. The lowest BCUT2D eigenvalue weighted by Gasteiger charge is -2.47. The lowest BCUT2D eigenvalue weighted by atomic mass is 9.73. The Labute approximate surface area is 212 Å². The van der Waals surface area contributed by atoms with Gasteiger partial charge in [0, 0.05) is 29.2 Å². The summed E-state index contributed by atoms with van der Waals surface area (Å²) in [6.45, 7) is 5.21. The molecule has 5 rings (SSSR count). The second kappa shape index (κ2) is 10.7. The van der Waals surface area contributed by atoms with Crippen LogP contribution >= 0.6 is 47.4 Å². The number of likely N-dealkylation sites (tertiary alicyclic amines) is 2. The van der Waals surface area contributed by atoms with Crippen molar-refractivity contribution in [3.8, 4) is 0 Å². The Morgan fingerprint density at radius 1 is 0.935 bits per heavy atom. The fourth-order valence-corrected chi connectivity index (χ4v) is 6.26. The Morgan fingerprint density at radius 2 is 1.65 bits per heavy atom. The molecule has 2 aliphatic heterocycles. The van der Waals surface area contributed by atoms with Crippen molar-refractivity contribution in [2.45, 2.75) is 56.2 Å². The van der Waals surface area contributed by atoms with Crippen molar-refractivity contribution in [3.05, 3.63) is 68.8 Å². The van der Waals surface area contributed by atoms with Crippen LogP contribution in [0.15, 0.2) is 48.5 Å². The molecular formula is C25H33Cl2IN2O. The maximum absolute atomic E-state index is 10.8. The minimum Gasteiger partial charge on any atom is -0.391 e. The maximum atomic E-state index is 10.8. The van der Waals surface area contributed by atoms with E-state index in [0.717, 1.165) is 39.1 Å². The lowest BCUT2D eigenvalue weighted by Crippen LogP contribution is -2.57. The number of benzene rings is 2. The second-order valence-corrected chi connectivity index (χ2v) is 10.5. The predicted octanol–water partition coefficient (Wildman–Crippen LogP) is 5.05. The first kappa shape index (κ1) is 25.3. The van der Waals surface area contributed by atoms with Gasteiger partial charge < -0.3 is 5.11 Å². The molecule has 0 amide bonds. The van der Waals surface area contributed by atoms with E-state index in [1.807, 2.05) is 0 Å². The van der Waals surface area contributed by atoms with Gasteiger partial charge in [0.2, 0.25) is 0 Å². The second-order valence-electron chi connectivity index (χ2n) is 9.26. The lowest BCUT2D eigenvalue weighted by molar-refractivity contribution is -0.0285. The molecule has 0 radical (unpaired) electrons. The van der Waals surface area contributed by atoms with E-state index in [1.54, 1.807) is 11.1 Å². The molecule has 2 atom stereocenters. The number of fused-ring (bicyclic) bond motifs is 2. The summed E-state index contributed by atoms with van der Waals surface area (Å²) in [7, 11) is 0. The number of halogens is 3. The first-order valence-electron chi connectivity index (χ1n) is 11.1. The molecule has 1 aliphatic carbocycles. The number of hydrogen-bond donors (Lipinski definition) is 1. The highest BCUT2D eigenvalue weighted by Gasteiger charge is 2.43. The summed E-state index contributed by atoms with van der Waals surface area (Å²) >= 11 is 2.36. The molecule has 170 valence electrons. The zero-order chi connectivity index (χ0) is 19.8. The Balaban J connectivity index is 0.00000136. The maximum Gasteiger partial charge on any atom is 0.0720 e. The van der Waals surface area contributed by atoms with Gasteiger partial charge in [0.25, 0.3) is 0 Å². The summed E-state index contributed by atoms with van der Waals surface area (Å²) in [5.41, 5.74) is 4.96. The quantitative estimate of drug-likeness (QED) is 0.520. The Hall–Kier alpha value is -0.370. The highest BCUT2D eigenvalue weighted by atomic mass is 127. The number of aliphatic hydroxyl groups is 1. The van der Waals surface area contributed by atoms with Gasteiger partial charge in [-0.2, -0.15) is 0 Å². The number of hydrogen-bond acceptors (Lipinski definition) is 3. The highest BCUT2D eigenvalue weighted by molar-refractivity contribution is 14.1. The van der Waals surface area contributed by atoms with Crippen LogP contribution < -0.4 is 0 Å². The minimum atomic E-state index is -0.187. The summed E-state index contributed by atoms with van der Waals surface area (Å²) in [5.74, 6) is 0. The topological polar surface area (TPSA) is 26.7 Å². The fraction of sp³-hybridized carbons (Fsp3) is 0.520. The molecular weight excluding hydrogens is 542 g/mol. The van der Waals surface area contributed by atoms with Crippen LogP contribution in [0.3, 0.4) is 0 Å². The molecule has 3 nitrogen and oxygen atoms in total. The molecule has 2 unspecified atom stereocenters. The number of nitrogens with zero attached hydrogens (tertiary/aromatic N) is 2. The molecule has 2 aromatic carbocycles. The van der Waals surface area contributed by atoms with E-state index >= 15 is 0 Å². The van der Waals surface area contributed by atoms with E-state index in [2.05, 4.69) is 80.9 Å². The van der Waals surface area contributed by atoms with Crippen LogP contribution in [0.25, 0.3) is 0 Å². The van der Waals surface area contributed by atoms with E-state index in [0.29, 0.717) is 5.41 Å². The fourth-order valence-electron chi connectivity index (χ4n) is 5.90. The molecule has 1 spiro atoms. The molecule has 2 heterocycles. The summed E-state index contributed by atoms with van der Waals surface area (Å²) in [4.78, 5) is 5.13. The number of piperidine rings is 2. The number of aliphatic hydroxyl groups excluding tert-OH is 1. The van der Waals surface area contributed by atoms with Gasteiger partial charge in [-0.15, -0.1) is 24.8 Å². The molecule has 0 saturated carbocycles. The number of aryl methyl sites for hydroxylation is 1. The van der Waals surface area contributed by atoms with Crippen LogP contribution in [-0.2, 0) is 18.4 Å². The SMILES string of the molecule is Cl.Cl.OC1CCN(Cc2ccc(I)cc2)CC1N1CCC2(CCc3ccccc32)CC1. The highest BCUT2D eigenvalue weighted by Crippen LogP contribution is 2.46. The molecule has 2 saturated heterocycles. The van der Waals surface area contributed by atoms with Crippen molar-refractivity contribution < 1.29 is 5.11 Å². The molecule has 2 aromatic rings. The van der Waals surface area contributed by atoms with Crippen LogP contribution in [0.1, 0.15) is 42.4 Å². The van der Waals surface area contributed by atoms with E-state index in [9.17, 15) is 5.11 Å². The zero-order valence-electron chi connectivity index (χ0n) is 17.9. The van der Waals surface area contributed by atoms with Crippen molar-refractivity contribution >= 4 is 47.4 Å². The summed E-state index contributed by atoms with van der Waals surface area (Å²) in [6.07, 6.45) is 5.74. The summed E-state index contributed by atoms with van der Waals surface area (Å²) < 4.78 is 1.29. The van der Waals surface area contributed by atoms with E-state index in [4.69, 9.17) is 0 Å². The van der Waals surface area contributed by atoms with Crippen LogP contribution in [0.4, 0.5) is 0 Å². The van der Waals surface area contributed by atoms with E-state index < -0.39 is 0 Å². The smallest absolute Gasteiger partial charge is 0.0720 e. The van der Waals surface area contributed by atoms with Gasteiger partial charge in [0.1, 0.15) is 0 Å². The van der Waals surface area contributed by atoms with Crippen molar-refractivity contribution in [3.63, 3.8) is 0 Å². The zero-order valence-corrected chi connectivity index (χ0v) is 21.7. The first-order chi connectivity index (χ1) is 14.1.